The van der Waals surface area contributed by atoms with Gasteiger partial charge in [-0.25, -0.2) is 0 Å². The SMILES string of the molecule is C/C(=C\CN1C=CCC1)CO. The van der Waals surface area contributed by atoms with Gasteiger partial charge < -0.3 is 10.0 Å². The fourth-order valence-electron chi connectivity index (χ4n) is 1.03. The molecule has 0 radical (unpaired) electrons. The van der Waals surface area contributed by atoms with Crippen LogP contribution < -0.4 is 0 Å². The number of hydrogen-bond donors (Lipinski definition) is 1. The smallest absolute Gasteiger partial charge is 0.0639 e. The van der Waals surface area contributed by atoms with Crippen LogP contribution in [-0.4, -0.2) is 29.7 Å². The average molecular weight is 153 g/mol. The zero-order valence-corrected chi connectivity index (χ0v) is 6.95. The zero-order valence-electron chi connectivity index (χ0n) is 6.95. The molecule has 1 rings (SSSR count). The number of rotatable bonds is 3. The van der Waals surface area contributed by atoms with Gasteiger partial charge in [0.2, 0.25) is 0 Å². The van der Waals surface area contributed by atoms with Gasteiger partial charge in [-0.1, -0.05) is 17.7 Å². The monoisotopic (exact) mass is 153 g/mol. The molecule has 0 atom stereocenters. The Hall–Kier alpha value is -0.760. The van der Waals surface area contributed by atoms with E-state index < -0.39 is 0 Å². The molecule has 1 N–H and O–H groups in total. The van der Waals surface area contributed by atoms with E-state index in [0.717, 1.165) is 25.1 Å². The molecule has 2 heteroatoms. The third-order valence-electron chi connectivity index (χ3n) is 1.82. The van der Waals surface area contributed by atoms with Gasteiger partial charge in [0.25, 0.3) is 0 Å². The summed E-state index contributed by atoms with van der Waals surface area (Å²) in [5.74, 6) is 0. The van der Waals surface area contributed by atoms with Crippen LogP contribution in [0.15, 0.2) is 23.9 Å². The Labute approximate surface area is 67.8 Å². The van der Waals surface area contributed by atoms with Gasteiger partial charge in [0.05, 0.1) is 6.61 Å². The molecular formula is C9H15NO. The van der Waals surface area contributed by atoms with Crippen molar-refractivity contribution in [1.82, 2.24) is 4.90 Å². The number of aliphatic hydroxyl groups is 1. The molecule has 62 valence electrons. The van der Waals surface area contributed by atoms with Crippen LogP contribution in [0.25, 0.3) is 0 Å². The summed E-state index contributed by atoms with van der Waals surface area (Å²) < 4.78 is 0. The molecule has 0 aromatic carbocycles. The van der Waals surface area contributed by atoms with E-state index >= 15 is 0 Å². The fourth-order valence-corrected chi connectivity index (χ4v) is 1.03. The highest BCUT2D eigenvalue weighted by Gasteiger charge is 2.00. The van der Waals surface area contributed by atoms with E-state index in [-0.39, 0.29) is 6.61 Å². The molecule has 0 aromatic rings. The molecule has 0 saturated heterocycles. The van der Waals surface area contributed by atoms with Crippen molar-refractivity contribution in [2.45, 2.75) is 13.3 Å². The molecular weight excluding hydrogens is 138 g/mol. The van der Waals surface area contributed by atoms with Crippen LogP contribution in [0.4, 0.5) is 0 Å². The third-order valence-corrected chi connectivity index (χ3v) is 1.82. The van der Waals surface area contributed by atoms with E-state index in [1.54, 1.807) is 0 Å². The minimum atomic E-state index is 0.178. The summed E-state index contributed by atoms with van der Waals surface area (Å²) in [6.45, 7) is 4.18. The first-order chi connectivity index (χ1) is 5.33. The summed E-state index contributed by atoms with van der Waals surface area (Å²) in [4.78, 5) is 2.24. The minimum Gasteiger partial charge on any atom is -0.392 e. The molecule has 1 heterocycles. The summed E-state index contributed by atoms with van der Waals surface area (Å²) in [5, 5.41) is 8.70. The van der Waals surface area contributed by atoms with Gasteiger partial charge >= 0.3 is 0 Å². The minimum absolute atomic E-state index is 0.178. The van der Waals surface area contributed by atoms with Gasteiger partial charge in [0.1, 0.15) is 0 Å². The van der Waals surface area contributed by atoms with Crippen molar-refractivity contribution in [3.8, 4) is 0 Å². The van der Waals surface area contributed by atoms with E-state index in [1.807, 2.05) is 6.92 Å². The molecule has 11 heavy (non-hydrogen) atoms. The molecule has 1 aliphatic rings. The Morgan fingerprint density at radius 3 is 3.09 bits per heavy atom. The highest BCUT2D eigenvalue weighted by molar-refractivity contribution is 5.02. The summed E-state index contributed by atoms with van der Waals surface area (Å²) >= 11 is 0. The molecule has 0 bridgehead atoms. The number of nitrogens with zero attached hydrogens (tertiary/aromatic N) is 1. The summed E-state index contributed by atoms with van der Waals surface area (Å²) in [7, 11) is 0. The first-order valence-electron chi connectivity index (χ1n) is 4.00. The van der Waals surface area contributed by atoms with E-state index in [4.69, 9.17) is 5.11 Å². The normalized spacial score (nSPS) is 18.0. The van der Waals surface area contributed by atoms with E-state index in [1.165, 1.54) is 0 Å². The predicted octanol–water partition coefficient (Wildman–Crippen LogP) is 1.14. The molecule has 0 spiro atoms. The summed E-state index contributed by atoms with van der Waals surface area (Å²) in [6, 6.07) is 0. The maximum absolute atomic E-state index is 8.70. The van der Waals surface area contributed by atoms with Crippen molar-refractivity contribution in [3.63, 3.8) is 0 Å². The molecule has 0 amide bonds. The van der Waals surface area contributed by atoms with Gasteiger partial charge in [-0.2, -0.15) is 0 Å². The summed E-state index contributed by atoms with van der Waals surface area (Å²) in [5.41, 5.74) is 1.05. The van der Waals surface area contributed by atoms with E-state index in [0.29, 0.717) is 0 Å². The van der Waals surface area contributed by atoms with Crippen LogP contribution in [0.1, 0.15) is 13.3 Å². The quantitative estimate of drug-likeness (QED) is 0.615. The number of aliphatic hydroxyl groups excluding tert-OH is 1. The van der Waals surface area contributed by atoms with Crippen LogP contribution in [0.5, 0.6) is 0 Å². The molecule has 0 fully saturated rings. The van der Waals surface area contributed by atoms with Crippen molar-refractivity contribution in [3.05, 3.63) is 23.9 Å². The fraction of sp³-hybridized carbons (Fsp3) is 0.556. The Morgan fingerprint density at radius 2 is 2.55 bits per heavy atom. The predicted molar refractivity (Wildman–Crippen MR) is 46.2 cm³/mol. The Morgan fingerprint density at radius 1 is 1.73 bits per heavy atom. The Bertz CT molecular complexity index is 172. The molecule has 1 aliphatic heterocycles. The van der Waals surface area contributed by atoms with Crippen LogP contribution in [-0.2, 0) is 0 Å². The molecule has 0 unspecified atom stereocenters. The first-order valence-corrected chi connectivity index (χ1v) is 4.00. The maximum atomic E-state index is 8.70. The second-order valence-corrected chi connectivity index (χ2v) is 2.88. The standard InChI is InChI=1S/C9H15NO/c1-9(8-11)4-7-10-5-2-3-6-10/h2,4-5,11H,3,6-8H2,1H3/b9-4+. The van der Waals surface area contributed by atoms with Crippen molar-refractivity contribution in [2.75, 3.05) is 19.7 Å². The van der Waals surface area contributed by atoms with Gasteiger partial charge in [0, 0.05) is 13.1 Å². The molecule has 0 aliphatic carbocycles. The van der Waals surface area contributed by atoms with Gasteiger partial charge in [-0.3, -0.25) is 0 Å². The Balaban J connectivity index is 2.25. The lowest BCUT2D eigenvalue weighted by atomic mass is 10.3. The Kier molecular flexibility index (Phi) is 3.17. The lowest BCUT2D eigenvalue weighted by molar-refractivity contribution is 0.330. The van der Waals surface area contributed by atoms with Crippen molar-refractivity contribution < 1.29 is 5.11 Å². The van der Waals surface area contributed by atoms with Crippen LogP contribution in [0, 0.1) is 0 Å². The lowest BCUT2D eigenvalue weighted by Crippen LogP contribution is -2.14. The van der Waals surface area contributed by atoms with Crippen molar-refractivity contribution in [1.29, 1.82) is 0 Å². The van der Waals surface area contributed by atoms with Gasteiger partial charge in [0.15, 0.2) is 0 Å². The third kappa shape index (κ3) is 2.76. The second-order valence-electron chi connectivity index (χ2n) is 2.88. The van der Waals surface area contributed by atoms with E-state index in [2.05, 4.69) is 23.3 Å². The second kappa shape index (κ2) is 4.19. The molecule has 0 saturated carbocycles. The van der Waals surface area contributed by atoms with Crippen LogP contribution >= 0.6 is 0 Å². The van der Waals surface area contributed by atoms with Gasteiger partial charge in [-0.05, 0) is 19.5 Å². The maximum Gasteiger partial charge on any atom is 0.0639 e. The van der Waals surface area contributed by atoms with Crippen molar-refractivity contribution in [2.24, 2.45) is 0 Å². The highest BCUT2D eigenvalue weighted by Crippen LogP contribution is 2.03. The van der Waals surface area contributed by atoms with Crippen molar-refractivity contribution >= 4 is 0 Å². The van der Waals surface area contributed by atoms with Crippen LogP contribution in [0.2, 0.25) is 0 Å². The highest BCUT2D eigenvalue weighted by atomic mass is 16.3. The molecule has 0 aromatic heterocycles. The largest absolute Gasteiger partial charge is 0.392 e. The van der Waals surface area contributed by atoms with E-state index in [9.17, 15) is 0 Å². The lowest BCUT2D eigenvalue weighted by Gasteiger charge is -2.12. The molecule has 2 nitrogen and oxygen atoms in total. The first kappa shape index (κ1) is 8.34. The number of hydrogen-bond acceptors (Lipinski definition) is 2. The summed E-state index contributed by atoms with van der Waals surface area (Å²) in [6.07, 6.45) is 7.50. The zero-order chi connectivity index (χ0) is 8.10. The van der Waals surface area contributed by atoms with Crippen LogP contribution in [0.3, 0.4) is 0 Å². The topological polar surface area (TPSA) is 23.5 Å². The average Bonchev–Trinajstić information content (AvgIpc) is 2.52. The van der Waals surface area contributed by atoms with Gasteiger partial charge in [-0.15, -0.1) is 0 Å².